The lowest BCUT2D eigenvalue weighted by Crippen LogP contribution is -2.60. The maximum absolute atomic E-state index is 13.3. The molecular weight excluding hydrogens is 556 g/mol. The van der Waals surface area contributed by atoms with E-state index in [0.29, 0.717) is 6.42 Å². The van der Waals surface area contributed by atoms with Gasteiger partial charge in [0.2, 0.25) is 35.4 Å². The van der Waals surface area contributed by atoms with Crippen LogP contribution in [-0.2, 0) is 35.2 Å². The van der Waals surface area contributed by atoms with E-state index < -0.39 is 60.3 Å². The Morgan fingerprint density at radius 3 is 2.14 bits per heavy atom. The number of amides is 6. The number of benzene rings is 1. The number of carbonyl (C=O) groups is 6. The van der Waals surface area contributed by atoms with Gasteiger partial charge in [-0.3, -0.25) is 28.8 Å². The number of rotatable bonds is 7. The Morgan fingerprint density at radius 1 is 0.884 bits per heavy atom. The van der Waals surface area contributed by atoms with Crippen molar-refractivity contribution in [3.63, 3.8) is 0 Å². The van der Waals surface area contributed by atoms with Crippen molar-refractivity contribution in [2.24, 2.45) is 11.8 Å². The summed E-state index contributed by atoms with van der Waals surface area (Å²) in [6, 6.07) is 4.37. The molecule has 2 rings (SSSR count). The molecular formula is C30H46N6O7. The summed E-state index contributed by atoms with van der Waals surface area (Å²) in [5, 5.41) is 22.8. The van der Waals surface area contributed by atoms with Crippen LogP contribution in [-0.4, -0.2) is 95.9 Å². The van der Waals surface area contributed by atoms with E-state index in [1.54, 1.807) is 38.1 Å². The molecule has 1 aromatic rings. The second-order valence-corrected chi connectivity index (χ2v) is 11.6. The van der Waals surface area contributed by atoms with E-state index in [-0.39, 0.29) is 50.2 Å². The molecule has 0 radical (unpaired) electrons. The normalized spacial score (nSPS) is 23.4. The molecule has 0 saturated carbocycles. The fraction of sp³-hybridized carbons (Fsp3) is 0.600. The van der Waals surface area contributed by atoms with Crippen molar-refractivity contribution in [3.05, 3.63) is 35.9 Å². The number of aliphatic hydroxyl groups is 1. The largest absolute Gasteiger partial charge is 0.394 e. The lowest BCUT2D eigenvalue weighted by molar-refractivity contribution is -0.138. The van der Waals surface area contributed by atoms with E-state index in [2.05, 4.69) is 26.6 Å². The lowest BCUT2D eigenvalue weighted by Gasteiger charge is -2.28. The van der Waals surface area contributed by atoms with Crippen LogP contribution in [0.3, 0.4) is 0 Å². The second kappa shape index (κ2) is 17.2. The number of aliphatic hydroxyl groups excluding tert-OH is 1. The highest BCUT2D eigenvalue weighted by Gasteiger charge is 2.31. The summed E-state index contributed by atoms with van der Waals surface area (Å²) in [6.07, 6.45) is 0.930. The van der Waals surface area contributed by atoms with E-state index >= 15 is 0 Å². The molecule has 238 valence electrons. The number of hydrogen-bond acceptors (Lipinski definition) is 7. The highest BCUT2D eigenvalue weighted by atomic mass is 16.3. The highest BCUT2D eigenvalue weighted by molar-refractivity contribution is 5.96. The van der Waals surface area contributed by atoms with Crippen molar-refractivity contribution in [3.8, 4) is 0 Å². The van der Waals surface area contributed by atoms with Gasteiger partial charge in [0.15, 0.2) is 0 Å². The fourth-order valence-corrected chi connectivity index (χ4v) is 4.42. The average molecular weight is 603 g/mol. The van der Waals surface area contributed by atoms with Gasteiger partial charge in [0, 0.05) is 25.9 Å². The van der Waals surface area contributed by atoms with Crippen LogP contribution in [0.2, 0.25) is 0 Å². The molecule has 0 aromatic heterocycles. The minimum atomic E-state index is -1.40. The zero-order valence-electron chi connectivity index (χ0n) is 25.6. The Balaban J connectivity index is 2.38. The number of nitrogens with zero attached hydrogens (tertiary/aromatic N) is 1. The van der Waals surface area contributed by atoms with Crippen LogP contribution in [0.25, 0.3) is 0 Å². The third-order valence-electron chi connectivity index (χ3n) is 7.05. The van der Waals surface area contributed by atoms with Crippen LogP contribution in [0.1, 0.15) is 53.0 Å². The zero-order chi connectivity index (χ0) is 32.1. The van der Waals surface area contributed by atoms with Gasteiger partial charge in [0.05, 0.1) is 13.2 Å². The molecule has 1 fully saturated rings. The van der Waals surface area contributed by atoms with Crippen LogP contribution >= 0.6 is 0 Å². The summed E-state index contributed by atoms with van der Waals surface area (Å²) in [5.74, 6) is -3.63. The Labute approximate surface area is 252 Å². The molecule has 4 atom stereocenters. The Morgan fingerprint density at radius 2 is 1.53 bits per heavy atom. The zero-order valence-corrected chi connectivity index (χ0v) is 25.6. The molecule has 1 aliphatic rings. The van der Waals surface area contributed by atoms with Crippen LogP contribution < -0.4 is 26.6 Å². The second-order valence-electron chi connectivity index (χ2n) is 11.6. The number of carbonyl (C=O) groups excluding carboxylic acids is 6. The summed E-state index contributed by atoms with van der Waals surface area (Å²) >= 11 is 0. The smallest absolute Gasteiger partial charge is 0.245 e. The van der Waals surface area contributed by atoms with Crippen molar-refractivity contribution in [1.29, 1.82) is 0 Å². The number of hydrogen-bond donors (Lipinski definition) is 6. The van der Waals surface area contributed by atoms with Crippen molar-refractivity contribution >= 4 is 35.4 Å². The number of nitrogens with one attached hydrogen (secondary N) is 5. The van der Waals surface area contributed by atoms with Crippen LogP contribution in [0, 0.1) is 11.8 Å². The first-order valence-electron chi connectivity index (χ1n) is 14.7. The molecule has 1 aromatic carbocycles. The third kappa shape index (κ3) is 11.7. The van der Waals surface area contributed by atoms with E-state index in [0.717, 1.165) is 5.56 Å². The van der Waals surface area contributed by atoms with Gasteiger partial charge in [-0.05, 0) is 30.7 Å². The van der Waals surface area contributed by atoms with Gasteiger partial charge in [0.1, 0.15) is 24.2 Å². The van der Waals surface area contributed by atoms with Gasteiger partial charge in [0.25, 0.3) is 0 Å². The molecule has 13 nitrogen and oxygen atoms in total. The summed E-state index contributed by atoms with van der Waals surface area (Å²) in [5.41, 5.74) is 0.757. The van der Waals surface area contributed by atoms with Crippen LogP contribution in [0.5, 0.6) is 0 Å². The Hall–Kier alpha value is -4.00. The first-order chi connectivity index (χ1) is 20.3. The minimum Gasteiger partial charge on any atom is -0.394 e. The summed E-state index contributed by atoms with van der Waals surface area (Å²) < 4.78 is 0. The Bertz CT molecular complexity index is 1130. The van der Waals surface area contributed by atoms with Crippen molar-refractivity contribution < 1.29 is 33.9 Å². The minimum absolute atomic E-state index is 0.00747. The monoisotopic (exact) mass is 602 g/mol. The predicted molar refractivity (Wildman–Crippen MR) is 159 cm³/mol. The maximum atomic E-state index is 13.3. The van der Waals surface area contributed by atoms with E-state index in [1.807, 2.05) is 19.9 Å². The van der Waals surface area contributed by atoms with Crippen LogP contribution in [0.4, 0.5) is 0 Å². The van der Waals surface area contributed by atoms with Gasteiger partial charge in [-0.2, -0.15) is 0 Å². The van der Waals surface area contributed by atoms with Gasteiger partial charge >= 0.3 is 0 Å². The molecule has 0 spiro atoms. The quantitative estimate of drug-likeness (QED) is 0.237. The van der Waals surface area contributed by atoms with Gasteiger partial charge in [-0.25, -0.2) is 0 Å². The molecule has 1 saturated heterocycles. The summed E-state index contributed by atoms with van der Waals surface area (Å²) in [6.45, 7) is 7.74. The molecule has 0 unspecified atom stereocenters. The molecule has 43 heavy (non-hydrogen) atoms. The molecule has 6 amide bonds. The first kappa shape index (κ1) is 35.2. The van der Waals surface area contributed by atoms with Crippen molar-refractivity contribution in [2.75, 3.05) is 26.2 Å². The SMILES string of the molecule is CC(C)CCC(=O)N1CCNC(=O)[C@@H](Cc2ccccc2)NC(=O)[C@H](CO)NC(=O)[C@H](C)NC(=O)[C@@H](C(C)C)NC(=O)C1. The van der Waals surface area contributed by atoms with Gasteiger partial charge < -0.3 is 36.6 Å². The van der Waals surface area contributed by atoms with Crippen molar-refractivity contribution in [1.82, 2.24) is 31.5 Å². The Kier molecular flexibility index (Phi) is 14.1. The molecule has 1 aliphatic heterocycles. The molecule has 13 heteroatoms. The standard InChI is InChI=1S/C30H46N6O7/c1-18(2)11-12-25(39)36-14-13-31-28(41)22(15-21-9-7-6-8-10-21)33-29(42)23(17-37)34-27(40)20(5)32-30(43)26(19(3)4)35-24(38)16-36/h6-10,18-20,22-23,26,37H,11-17H2,1-5H3,(H,31,41)(H,32,43)(H,33,42)(H,34,40)(H,35,38)/t20-,22+,23-,26+/m0/s1. The maximum Gasteiger partial charge on any atom is 0.245 e. The summed E-state index contributed by atoms with van der Waals surface area (Å²) in [4.78, 5) is 79.7. The van der Waals surface area contributed by atoms with Gasteiger partial charge in [-0.15, -0.1) is 0 Å². The molecule has 6 N–H and O–H groups in total. The molecule has 0 aliphatic carbocycles. The van der Waals surface area contributed by atoms with Crippen molar-refractivity contribution in [2.45, 2.75) is 78.0 Å². The van der Waals surface area contributed by atoms with Crippen LogP contribution in [0.15, 0.2) is 30.3 Å². The highest BCUT2D eigenvalue weighted by Crippen LogP contribution is 2.09. The van der Waals surface area contributed by atoms with E-state index in [4.69, 9.17) is 0 Å². The van der Waals surface area contributed by atoms with E-state index in [1.165, 1.54) is 11.8 Å². The third-order valence-corrected chi connectivity index (χ3v) is 7.05. The topological polar surface area (TPSA) is 186 Å². The van der Waals surface area contributed by atoms with Gasteiger partial charge in [-0.1, -0.05) is 58.0 Å². The predicted octanol–water partition coefficient (Wildman–Crippen LogP) is -0.769. The summed E-state index contributed by atoms with van der Waals surface area (Å²) in [7, 11) is 0. The average Bonchev–Trinajstić information content (AvgIpc) is 2.95. The molecule has 1 heterocycles. The van der Waals surface area contributed by atoms with E-state index in [9.17, 15) is 33.9 Å². The molecule has 0 bridgehead atoms. The lowest BCUT2D eigenvalue weighted by atomic mass is 10.0. The first-order valence-corrected chi connectivity index (χ1v) is 14.7. The fourth-order valence-electron chi connectivity index (χ4n) is 4.42.